The molecule has 3 aliphatic rings. The SMILES string of the molecule is O=C(OCS(=O)(=O)O)OC1C2CC3COC1C3C2. The van der Waals surface area contributed by atoms with Gasteiger partial charge in [0.25, 0.3) is 0 Å². The fraction of sp³-hybridized carbons (Fsp3) is 0.900. The summed E-state index contributed by atoms with van der Waals surface area (Å²) in [4.78, 5) is 11.3. The molecule has 2 bridgehead atoms. The van der Waals surface area contributed by atoms with E-state index in [1.165, 1.54) is 0 Å². The van der Waals surface area contributed by atoms with Crippen LogP contribution < -0.4 is 0 Å². The van der Waals surface area contributed by atoms with E-state index in [1.807, 2.05) is 0 Å². The molecule has 8 heteroatoms. The van der Waals surface area contributed by atoms with Crippen LogP contribution in [0.1, 0.15) is 12.8 Å². The molecule has 0 aromatic rings. The van der Waals surface area contributed by atoms with Crippen LogP contribution in [-0.2, 0) is 24.3 Å². The first-order valence-electron chi connectivity index (χ1n) is 5.84. The summed E-state index contributed by atoms with van der Waals surface area (Å²) in [6, 6.07) is 0. The molecule has 2 aliphatic carbocycles. The largest absolute Gasteiger partial charge is 0.509 e. The molecule has 0 aromatic carbocycles. The van der Waals surface area contributed by atoms with Crippen molar-refractivity contribution in [2.24, 2.45) is 17.8 Å². The highest BCUT2D eigenvalue weighted by atomic mass is 32.2. The molecule has 3 fully saturated rings. The second kappa shape index (κ2) is 4.07. The zero-order valence-electron chi connectivity index (χ0n) is 9.52. The van der Waals surface area contributed by atoms with Gasteiger partial charge >= 0.3 is 16.3 Å². The summed E-state index contributed by atoms with van der Waals surface area (Å²) in [6.45, 7) is 0.714. The van der Waals surface area contributed by atoms with Gasteiger partial charge in [0.15, 0.2) is 0 Å². The molecule has 18 heavy (non-hydrogen) atoms. The van der Waals surface area contributed by atoms with E-state index in [4.69, 9.17) is 14.0 Å². The Morgan fingerprint density at radius 3 is 2.83 bits per heavy atom. The lowest BCUT2D eigenvalue weighted by Crippen LogP contribution is -2.36. The van der Waals surface area contributed by atoms with Crippen molar-refractivity contribution >= 4 is 16.3 Å². The number of carbonyl (C=O) groups is 1. The van der Waals surface area contributed by atoms with Crippen LogP contribution in [-0.4, -0.2) is 43.9 Å². The van der Waals surface area contributed by atoms with E-state index in [1.54, 1.807) is 0 Å². The Hall–Kier alpha value is -0.860. The van der Waals surface area contributed by atoms with Crippen LogP contribution in [0.4, 0.5) is 4.79 Å². The van der Waals surface area contributed by atoms with E-state index < -0.39 is 22.2 Å². The number of hydrogen-bond donors (Lipinski definition) is 1. The molecule has 5 atom stereocenters. The van der Waals surface area contributed by atoms with Gasteiger partial charge in [0.2, 0.25) is 5.94 Å². The molecule has 0 aromatic heterocycles. The molecule has 3 rings (SSSR count). The zero-order chi connectivity index (χ0) is 12.9. The van der Waals surface area contributed by atoms with E-state index in [2.05, 4.69) is 4.74 Å². The van der Waals surface area contributed by atoms with Crippen LogP contribution in [0, 0.1) is 17.8 Å². The average Bonchev–Trinajstić information content (AvgIpc) is 2.85. The predicted molar refractivity (Wildman–Crippen MR) is 57.2 cm³/mol. The third kappa shape index (κ3) is 2.08. The molecular formula is C10H14O7S. The molecule has 1 aliphatic heterocycles. The fourth-order valence-corrected chi connectivity index (χ4v) is 3.71. The molecule has 1 N–H and O–H groups in total. The van der Waals surface area contributed by atoms with Crippen LogP contribution in [0.2, 0.25) is 0 Å². The lowest BCUT2D eigenvalue weighted by molar-refractivity contribution is -0.0447. The monoisotopic (exact) mass is 278 g/mol. The van der Waals surface area contributed by atoms with Crippen LogP contribution in [0.25, 0.3) is 0 Å². The highest BCUT2D eigenvalue weighted by molar-refractivity contribution is 7.85. The van der Waals surface area contributed by atoms with Gasteiger partial charge < -0.3 is 14.2 Å². The summed E-state index contributed by atoms with van der Waals surface area (Å²) in [5, 5.41) is 0. The molecule has 2 saturated carbocycles. The molecule has 1 heterocycles. The van der Waals surface area contributed by atoms with Gasteiger partial charge in [-0.15, -0.1) is 0 Å². The van der Waals surface area contributed by atoms with Crippen molar-refractivity contribution in [2.75, 3.05) is 12.5 Å². The molecule has 0 amide bonds. The minimum absolute atomic E-state index is 0.0768. The lowest BCUT2D eigenvalue weighted by Gasteiger charge is -2.25. The van der Waals surface area contributed by atoms with Gasteiger partial charge in [-0.3, -0.25) is 4.55 Å². The lowest BCUT2D eigenvalue weighted by atomic mass is 9.88. The van der Waals surface area contributed by atoms with Crippen molar-refractivity contribution in [1.82, 2.24) is 0 Å². The van der Waals surface area contributed by atoms with Crippen LogP contribution in [0.5, 0.6) is 0 Å². The summed E-state index contributed by atoms with van der Waals surface area (Å²) in [7, 11) is -4.33. The topological polar surface area (TPSA) is 99.1 Å². The second-order valence-electron chi connectivity index (χ2n) is 5.13. The number of rotatable bonds is 3. The Kier molecular flexibility index (Phi) is 2.76. The molecule has 5 unspecified atom stereocenters. The van der Waals surface area contributed by atoms with Crippen molar-refractivity contribution in [2.45, 2.75) is 25.0 Å². The third-order valence-electron chi connectivity index (χ3n) is 4.06. The fourth-order valence-electron chi connectivity index (χ4n) is 3.46. The van der Waals surface area contributed by atoms with E-state index in [0.29, 0.717) is 18.4 Å². The van der Waals surface area contributed by atoms with E-state index in [0.717, 1.165) is 12.8 Å². The second-order valence-corrected chi connectivity index (χ2v) is 6.53. The third-order valence-corrected chi connectivity index (χ3v) is 4.47. The Morgan fingerprint density at radius 1 is 1.33 bits per heavy atom. The first kappa shape index (κ1) is 12.2. The van der Waals surface area contributed by atoms with Crippen LogP contribution in [0.3, 0.4) is 0 Å². The minimum atomic E-state index is -4.33. The van der Waals surface area contributed by atoms with Crippen LogP contribution in [0.15, 0.2) is 0 Å². The average molecular weight is 278 g/mol. The molecular weight excluding hydrogens is 264 g/mol. The van der Waals surface area contributed by atoms with Crippen molar-refractivity contribution in [3.63, 3.8) is 0 Å². The van der Waals surface area contributed by atoms with Crippen LogP contribution >= 0.6 is 0 Å². The minimum Gasteiger partial charge on any atom is -0.428 e. The smallest absolute Gasteiger partial charge is 0.428 e. The summed E-state index contributed by atoms with van der Waals surface area (Å²) in [6.07, 6.45) is 0.482. The Labute approximate surface area is 104 Å². The van der Waals surface area contributed by atoms with E-state index in [-0.39, 0.29) is 18.1 Å². The summed E-state index contributed by atoms with van der Waals surface area (Å²) in [5.74, 6) is 0.231. The first-order chi connectivity index (χ1) is 8.44. The summed E-state index contributed by atoms with van der Waals surface area (Å²) in [5.41, 5.74) is 0. The Bertz CT molecular complexity index is 457. The predicted octanol–water partition coefficient (Wildman–Crippen LogP) is 0.408. The van der Waals surface area contributed by atoms with E-state index in [9.17, 15) is 13.2 Å². The zero-order valence-corrected chi connectivity index (χ0v) is 10.3. The van der Waals surface area contributed by atoms with Gasteiger partial charge in [0, 0.05) is 0 Å². The highest BCUT2D eigenvalue weighted by Crippen LogP contribution is 2.54. The van der Waals surface area contributed by atoms with Gasteiger partial charge in [0.1, 0.15) is 6.10 Å². The van der Waals surface area contributed by atoms with Gasteiger partial charge in [-0.25, -0.2) is 4.79 Å². The normalized spacial score (nSPS) is 41.1. The number of ether oxygens (including phenoxy) is 3. The van der Waals surface area contributed by atoms with Gasteiger partial charge in [-0.05, 0) is 30.6 Å². The number of hydrogen-bond acceptors (Lipinski definition) is 6. The molecule has 1 saturated heterocycles. The van der Waals surface area contributed by atoms with Gasteiger partial charge in [0.05, 0.1) is 12.7 Å². The van der Waals surface area contributed by atoms with E-state index >= 15 is 0 Å². The standard InChI is InChI=1S/C10H14O7S/c11-10(16-4-18(12,13)14)17-8-5-1-6-3-15-9(8)7(6)2-5/h5-9H,1-4H2,(H,12,13,14). The number of carbonyl (C=O) groups excluding carboxylic acids is 1. The Morgan fingerprint density at radius 2 is 2.11 bits per heavy atom. The first-order valence-corrected chi connectivity index (χ1v) is 7.45. The highest BCUT2D eigenvalue weighted by Gasteiger charge is 2.59. The van der Waals surface area contributed by atoms with Crippen molar-refractivity contribution < 1.29 is 32.0 Å². The molecule has 0 radical (unpaired) electrons. The maximum absolute atomic E-state index is 11.3. The quantitative estimate of drug-likeness (QED) is 0.589. The van der Waals surface area contributed by atoms with Gasteiger partial charge in [-0.2, -0.15) is 8.42 Å². The number of fused-ring (bicyclic) bond motifs is 1. The molecule has 0 spiro atoms. The Balaban J connectivity index is 1.56. The maximum Gasteiger partial charge on any atom is 0.509 e. The van der Waals surface area contributed by atoms with Gasteiger partial charge in [-0.1, -0.05) is 0 Å². The molecule has 7 nitrogen and oxygen atoms in total. The summed E-state index contributed by atoms with van der Waals surface area (Å²) < 4.78 is 44.3. The maximum atomic E-state index is 11.3. The van der Waals surface area contributed by atoms with Crippen molar-refractivity contribution in [3.05, 3.63) is 0 Å². The van der Waals surface area contributed by atoms with Crippen molar-refractivity contribution in [3.8, 4) is 0 Å². The van der Waals surface area contributed by atoms with Crippen molar-refractivity contribution in [1.29, 1.82) is 0 Å². The summed E-state index contributed by atoms with van der Waals surface area (Å²) >= 11 is 0. The molecule has 102 valence electrons.